The van der Waals surface area contributed by atoms with Crippen LogP contribution in [0, 0.1) is 19.8 Å². The van der Waals surface area contributed by atoms with Crippen LogP contribution in [0.4, 0.5) is 5.69 Å². The monoisotopic (exact) mass is 252 g/mol. The molecule has 0 heterocycles. The third-order valence-corrected chi connectivity index (χ3v) is 3.01. The van der Waals surface area contributed by atoms with E-state index in [4.69, 9.17) is 0 Å². The van der Waals surface area contributed by atoms with Gasteiger partial charge in [0.15, 0.2) is 0 Å². The second-order valence-electron chi connectivity index (χ2n) is 4.74. The predicted molar refractivity (Wildman–Crippen MR) is 78.8 cm³/mol. The minimum atomic E-state index is -0.288. The quantitative estimate of drug-likeness (QED) is 0.884. The Hall–Kier alpha value is -2.09. The number of hydrogen-bond donors (Lipinski definition) is 1. The molecule has 0 aliphatic carbocycles. The van der Waals surface area contributed by atoms with E-state index in [0.29, 0.717) is 6.42 Å². The van der Waals surface area contributed by atoms with E-state index in [1.165, 1.54) is 5.56 Å². The number of carbonyl (C=O) groups excluding carboxylic acids is 1. The van der Waals surface area contributed by atoms with Gasteiger partial charge in [-0.25, -0.2) is 0 Å². The van der Waals surface area contributed by atoms with E-state index in [-0.39, 0.29) is 11.8 Å². The van der Waals surface area contributed by atoms with E-state index in [0.717, 1.165) is 11.3 Å². The molecule has 0 aromatic heterocycles. The molecule has 0 spiro atoms. The van der Waals surface area contributed by atoms with E-state index in [1.54, 1.807) is 0 Å². The van der Waals surface area contributed by atoms with Gasteiger partial charge in [0.2, 0.25) is 5.91 Å². The second kappa shape index (κ2) is 6.19. The van der Waals surface area contributed by atoms with Crippen LogP contribution in [0.3, 0.4) is 0 Å². The maximum Gasteiger partial charge on any atom is 0.227 e. The van der Waals surface area contributed by atoms with E-state index < -0.39 is 0 Å². The molecule has 0 aliphatic heterocycles. The summed E-state index contributed by atoms with van der Waals surface area (Å²) in [4.78, 5) is 12.0. The fourth-order valence-corrected chi connectivity index (χ4v) is 1.87. The van der Waals surface area contributed by atoms with E-state index in [2.05, 4.69) is 12.2 Å². The lowest BCUT2D eigenvalue weighted by atomic mass is 10.0. The summed E-state index contributed by atoms with van der Waals surface area (Å²) >= 11 is 0. The zero-order valence-electron chi connectivity index (χ0n) is 11.1. The molecular formula is C17H18NO. The summed E-state index contributed by atoms with van der Waals surface area (Å²) < 4.78 is 0. The molecule has 2 nitrogen and oxygen atoms in total. The summed E-state index contributed by atoms with van der Waals surface area (Å²) in [5.41, 5.74) is 3.12. The summed E-state index contributed by atoms with van der Waals surface area (Å²) in [5.74, 6) is -0.337. The van der Waals surface area contributed by atoms with Crippen molar-refractivity contribution in [2.45, 2.75) is 13.3 Å². The number of amides is 1. The molecule has 2 aromatic rings. The summed E-state index contributed by atoms with van der Waals surface area (Å²) in [6.07, 6.45) is 0.651. The normalized spacial score (nSPS) is 11.9. The molecule has 1 radical (unpaired) electrons. The Bertz CT molecular complexity index is 531. The number of hydrogen-bond acceptors (Lipinski definition) is 1. The molecule has 1 unspecified atom stereocenters. The van der Waals surface area contributed by atoms with Gasteiger partial charge in [-0.05, 0) is 38.0 Å². The van der Waals surface area contributed by atoms with Crippen LogP contribution in [-0.4, -0.2) is 5.91 Å². The van der Waals surface area contributed by atoms with Gasteiger partial charge < -0.3 is 5.32 Å². The Morgan fingerprint density at radius 3 is 2.37 bits per heavy atom. The molecule has 2 aromatic carbocycles. The van der Waals surface area contributed by atoms with Crippen LogP contribution in [0.2, 0.25) is 0 Å². The van der Waals surface area contributed by atoms with Crippen LogP contribution in [-0.2, 0) is 11.2 Å². The fourth-order valence-electron chi connectivity index (χ4n) is 1.87. The predicted octanol–water partition coefficient (Wildman–Crippen LogP) is 3.63. The third-order valence-electron chi connectivity index (χ3n) is 3.01. The summed E-state index contributed by atoms with van der Waals surface area (Å²) in [6.45, 7) is 5.95. The molecule has 2 heteroatoms. The fraction of sp³-hybridized carbons (Fsp3) is 0.176. The molecule has 97 valence electrons. The minimum Gasteiger partial charge on any atom is -0.326 e. The number of anilines is 1. The van der Waals surface area contributed by atoms with Crippen LogP contribution in [0.25, 0.3) is 0 Å². The van der Waals surface area contributed by atoms with Crippen molar-refractivity contribution in [3.8, 4) is 0 Å². The first kappa shape index (κ1) is 13.3. The molecular weight excluding hydrogens is 234 g/mol. The van der Waals surface area contributed by atoms with E-state index in [1.807, 2.05) is 61.5 Å². The standard InChI is InChI=1S/C17H18NO/c1-13-8-10-16(11-9-13)18-17(19)14(2)12-15-6-4-3-5-7-15/h3-11,14H,2,12H2,1H3,(H,18,19). The number of nitrogens with one attached hydrogen (secondary N) is 1. The highest BCUT2D eigenvalue weighted by molar-refractivity contribution is 5.93. The molecule has 1 N–H and O–H groups in total. The lowest BCUT2D eigenvalue weighted by molar-refractivity contribution is -0.118. The number of carbonyl (C=O) groups is 1. The Kier molecular flexibility index (Phi) is 4.35. The van der Waals surface area contributed by atoms with Gasteiger partial charge in [0.25, 0.3) is 0 Å². The van der Waals surface area contributed by atoms with Crippen molar-refractivity contribution in [3.05, 3.63) is 72.6 Å². The van der Waals surface area contributed by atoms with Crippen molar-refractivity contribution in [2.24, 2.45) is 5.92 Å². The first-order valence-corrected chi connectivity index (χ1v) is 6.39. The smallest absolute Gasteiger partial charge is 0.227 e. The Labute approximate surface area is 114 Å². The molecule has 0 aliphatic rings. The van der Waals surface area contributed by atoms with Crippen molar-refractivity contribution < 1.29 is 4.79 Å². The summed E-state index contributed by atoms with van der Waals surface area (Å²) in [5, 5.41) is 2.89. The maximum absolute atomic E-state index is 12.0. The Morgan fingerprint density at radius 2 is 1.74 bits per heavy atom. The average molecular weight is 252 g/mol. The van der Waals surface area contributed by atoms with Gasteiger partial charge in [-0.3, -0.25) is 4.79 Å². The van der Waals surface area contributed by atoms with Gasteiger partial charge in [-0.15, -0.1) is 0 Å². The van der Waals surface area contributed by atoms with Crippen molar-refractivity contribution in [3.63, 3.8) is 0 Å². The molecule has 0 bridgehead atoms. The zero-order chi connectivity index (χ0) is 13.7. The number of benzene rings is 2. The lowest BCUT2D eigenvalue weighted by Gasteiger charge is -2.12. The van der Waals surface area contributed by atoms with Crippen LogP contribution in [0.15, 0.2) is 54.6 Å². The van der Waals surface area contributed by atoms with Crippen molar-refractivity contribution in [1.29, 1.82) is 0 Å². The Balaban J connectivity index is 1.94. The van der Waals surface area contributed by atoms with Gasteiger partial charge in [-0.1, -0.05) is 48.0 Å². The van der Waals surface area contributed by atoms with Crippen LogP contribution < -0.4 is 5.32 Å². The summed E-state index contributed by atoms with van der Waals surface area (Å²) in [6, 6.07) is 17.7. The lowest BCUT2D eigenvalue weighted by Crippen LogP contribution is -2.22. The van der Waals surface area contributed by atoms with Crippen LogP contribution in [0.5, 0.6) is 0 Å². The molecule has 1 amide bonds. The van der Waals surface area contributed by atoms with Crippen molar-refractivity contribution in [2.75, 3.05) is 5.32 Å². The van der Waals surface area contributed by atoms with Gasteiger partial charge in [0, 0.05) is 11.6 Å². The SMILES string of the molecule is [CH2]C(Cc1ccccc1)C(=O)Nc1ccc(C)cc1. The van der Waals surface area contributed by atoms with Crippen molar-refractivity contribution in [1.82, 2.24) is 0 Å². The third kappa shape index (κ3) is 3.95. The number of rotatable bonds is 4. The largest absolute Gasteiger partial charge is 0.326 e. The van der Waals surface area contributed by atoms with Gasteiger partial charge >= 0.3 is 0 Å². The van der Waals surface area contributed by atoms with Gasteiger partial charge in [0.1, 0.15) is 0 Å². The minimum absolute atomic E-state index is 0.0484. The second-order valence-corrected chi connectivity index (χ2v) is 4.74. The number of aryl methyl sites for hydroxylation is 1. The Morgan fingerprint density at radius 1 is 1.11 bits per heavy atom. The first-order chi connectivity index (χ1) is 9.15. The van der Waals surface area contributed by atoms with Gasteiger partial charge in [-0.2, -0.15) is 0 Å². The van der Waals surface area contributed by atoms with Crippen LogP contribution >= 0.6 is 0 Å². The highest BCUT2D eigenvalue weighted by Crippen LogP contribution is 2.13. The molecule has 0 saturated carbocycles. The topological polar surface area (TPSA) is 29.1 Å². The van der Waals surface area contributed by atoms with Crippen LogP contribution in [0.1, 0.15) is 11.1 Å². The van der Waals surface area contributed by atoms with Gasteiger partial charge in [0.05, 0.1) is 0 Å². The van der Waals surface area contributed by atoms with Crippen molar-refractivity contribution >= 4 is 11.6 Å². The van der Waals surface area contributed by atoms with E-state index in [9.17, 15) is 4.79 Å². The maximum atomic E-state index is 12.0. The first-order valence-electron chi connectivity index (χ1n) is 6.39. The molecule has 0 saturated heterocycles. The molecule has 0 fully saturated rings. The average Bonchev–Trinajstić information content (AvgIpc) is 2.42. The molecule has 1 atom stereocenters. The zero-order valence-corrected chi connectivity index (χ0v) is 11.1. The summed E-state index contributed by atoms with van der Waals surface area (Å²) in [7, 11) is 0. The highest BCUT2D eigenvalue weighted by atomic mass is 16.1. The highest BCUT2D eigenvalue weighted by Gasteiger charge is 2.13. The molecule has 2 rings (SSSR count). The van der Waals surface area contributed by atoms with E-state index >= 15 is 0 Å². The molecule has 19 heavy (non-hydrogen) atoms.